The first-order valence-corrected chi connectivity index (χ1v) is 7.40. The van der Waals surface area contributed by atoms with Crippen LogP contribution in [0.3, 0.4) is 0 Å². The van der Waals surface area contributed by atoms with Crippen molar-refractivity contribution in [3.8, 4) is 0 Å². The smallest absolute Gasteiger partial charge is 0.0963 e. The van der Waals surface area contributed by atoms with E-state index >= 15 is 0 Å². The topological polar surface area (TPSA) is 53.1 Å². The average Bonchev–Trinajstić information content (AvgIpc) is 2.34. The van der Waals surface area contributed by atoms with Crippen molar-refractivity contribution in [2.24, 2.45) is 11.1 Å². The molecule has 0 fully saturated rings. The van der Waals surface area contributed by atoms with E-state index in [1.807, 2.05) is 13.8 Å². The van der Waals surface area contributed by atoms with Crippen LogP contribution in [0.1, 0.15) is 44.2 Å². The molecular formula is C17H29N3. The molecule has 1 aromatic rings. The van der Waals surface area contributed by atoms with Crippen molar-refractivity contribution in [1.82, 2.24) is 4.90 Å². The fourth-order valence-corrected chi connectivity index (χ4v) is 2.28. The normalized spacial score (nSPS) is 11.8. The van der Waals surface area contributed by atoms with Crippen molar-refractivity contribution in [2.45, 2.75) is 46.6 Å². The SMILES string of the molecule is Cc1cccc(CN(C)CCCCC(C)(C)C(=N)N)c1. The molecule has 0 aliphatic carbocycles. The molecule has 1 aromatic carbocycles. The van der Waals surface area contributed by atoms with Gasteiger partial charge in [-0.2, -0.15) is 0 Å². The van der Waals surface area contributed by atoms with Crippen LogP contribution in [-0.2, 0) is 6.54 Å². The highest BCUT2D eigenvalue weighted by Gasteiger charge is 2.20. The van der Waals surface area contributed by atoms with Crippen LogP contribution < -0.4 is 5.73 Å². The monoisotopic (exact) mass is 275 g/mol. The molecule has 20 heavy (non-hydrogen) atoms. The minimum Gasteiger partial charge on any atom is -0.387 e. The lowest BCUT2D eigenvalue weighted by Crippen LogP contribution is -2.31. The maximum atomic E-state index is 7.55. The molecule has 0 heterocycles. The summed E-state index contributed by atoms with van der Waals surface area (Å²) in [4.78, 5) is 2.36. The Morgan fingerprint density at radius 1 is 1.30 bits per heavy atom. The number of nitrogens with two attached hydrogens (primary N) is 1. The van der Waals surface area contributed by atoms with Crippen LogP contribution >= 0.6 is 0 Å². The molecule has 1 rings (SSSR count). The van der Waals surface area contributed by atoms with E-state index in [0.717, 1.165) is 32.4 Å². The third-order valence-corrected chi connectivity index (χ3v) is 3.86. The van der Waals surface area contributed by atoms with E-state index in [2.05, 4.69) is 43.1 Å². The zero-order chi connectivity index (χ0) is 15.2. The van der Waals surface area contributed by atoms with E-state index < -0.39 is 0 Å². The number of benzene rings is 1. The molecule has 0 atom stereocenters. The lowest BCUT2D eigenvalue weighted by molar-refractivity contribution is 0.308. The molecule has 0 aliphatic rings. The molecule has 0 amide bonds. The van der Waals surface area contributed by atoms with Gasteiger partial charge in [0.1, 0.15) is 0 Å². The molecule has 0 radical (unpaired) electrons. The molecule has 0 aromatic heterocycles. The Kier molecular flexibility index (Phi) is 6.21. The summed E-state index contributed by atoms with van der Waals surface area (Å²) in [5, 5.41) is 7.55. The first kappa shape index (κ1) is 16.7. The second kappa shape index (κ2) is 7.44. The summed E-state index contributed by atoms with van der Waals surface area (Å²) in [5.41, 5.74) is 8.13. The van der Waals surface area contributed by atoms with Crippen molar-refractivity contribution in [3.63, 3.8) is 0 Å². The Balaban J connectivity index is 2.27. The van der Waals surface area contributed by atoms with Crippen LogP contribution in [-0.4, -0.2) is 24.3 Å². The van der Waals surface area contributed by atoms with Gasteiger partial charge in [-0.3, -0.25) is 5.41 Å². The Hall–Kier alpha value is -1.35. The number of nitrogens with one attached hydrogen (secondary N) is 1. The Labute approximate surface area is 123 Å². The van der Waals surface area contributed by atoms with E-state index in [0.29, 0.717) is 5.84 Å². The van der Waals surface area contributed by atoms with Crippen molar-refractivity contribution in [3.05, 3.63) is 35.4 Å². The van der Waals surface area contributed by atoms with Crippen LogP contribution in [0, 0.1) is 17.7 Å². The summed E-state index contributed by atoms with van der Waals surface area (Å²) in [6, 6.07) is 8.68. The summed E-state index contributed by atoms with van der Waals surface area (Å²) >= 11 is 0. The predicted molar refractivity (Wildman–Crippen MR) is 87.1 cm³/mol. The highest BCUT2D eigenvalue weighted by molar-refractivity contribution is 5.82. The van der Waals surface area contributed by atoms with Gasteiger partial charge in [-0.05, 0) is 38.9 Å². The average molecular weight is 275 g/mol. The number of hydrogen-bond acceptors (Lipinski definition) is 2. The van der Waals surface area contributed by atoms with E-state index in [4.69, 9.17) is 11.1 Å². The largest absolute Gasteiger partial charge is 0.387 e. The molecule has 0 saturated carbocycles. The number of amidine groups is 1. The quantitative estimate of drug-likeness (QED) is 0.433. The standard InChI is InChI=1S/C17H29N3/c1-14-8-7-9-15(12-14)13-20(4)11-6-5-10-17(2,3)16(18)19/h7-9,12H,5-6,10-11,13H2,1-4H3,(H3,18,19). The Morgan fingerprint density at radius 2 is 2.00 bits per heavy atom. The fraction of sp³-hybridized carbons (Fsp3) is 0.588. The molecule has 0 spiro atoms. The Bertz CT molecular complexity index is 438. The Morgan fingerprint density at radius 3 is 2.60 bits per heavy atom. The highest BCUT2D eigenvalue weighted by Crippen LogP contribution is 2.22. The first-order chi connectivity index (χ1) is 9.31. The molecule has 3 nitrogen and oxygen atoms in total. The minimum atomic E-state index is -0.158. The third-order valence-electron chi connectivity index (χ3n) is 3.86. The van der Waals surface area contributed by atoms with Gasteiger partial charge in [-0.15, -0.1) is 0 Å². The number of rotatable bonds is 8. The zero-order valence-electron chi connectivity index (χ0n) is 13.4. The summed E-state index contributed by atoms with van der Waals surface area (Å²) < 4.78 is 0. The molecule has 0 bridgehead atoms. The predicted octanol–water partition coefficient (Wildman–Crippen LogP) is 3.56. The van der Waals surface area contributed by atoms with Gasteiger partial charge in [-0.1, -0.05) is 50.1 Å². The van der Waals surface area contributed by atoms with E-state index in [1.165, 1.54) is 11.1 Å². The van der Waals surface area contributed by atoms with Gasteiger partial charge >= 0.3 is 0 Å². The molecule has 3 N–H and O–H groups in total. The molecular weight excluding hydrogens is 246 g/mol. The summed E-state index contributed by atoms with van der Waals surface area (Å²) in [7, 11) is 2.17. The third kappa shape index (κ3) is 5.74. The van der Waals surface area contributed by atoms with E-state index in [-0.39, 0.29) is 5.41 Å². The zero-order valence-corrected chi connectivity index (χ0v) is 13.4. The second-order valence-electron chi connectivity index (χ2n) is 6.48. The van der Waals surface area contributed by atoms with Crippen molar-refractivity contribution >= 4 is 5.84 Å². The van der Waals surface area contributed by atoms with Gasteiger partial charge in [-0.25, -0.2) is 0 Å². The van der Waals surface area contributed by atoms with Gasteiger partial charge in [0.25, 0.3) is 0 Å². The first-order valence-electron chi connectivity index (χ1n) is 7.40. The van der Waals surface area contributed by atoms with Gasteiger partial charge in [0.2, 0.25) is 0 Å². The lowest BCUT2D eigenvalue weighted by Gasteiger charge is -2.23. The summed E-state index contributed by atoms with van der Waals surface area (Å²) in [6.45, 7) is 8.31. The number of unbranched alkanes of at least 4 members (excludes halogenated alkanes) is 1. The minimum absolute atomic E-state index is 0.158. The maximum Gasteiger partial charge on any atom is 0.0963 e. The van der Waals surface area contributed by atoms with E-state index in [9.17, 15) is 0 Å². The van der Waals surface area contributed by atoms with Crippen LogP contribution in [0.25, 0.3) is 0 Å². The number of nitrogens with zero attached hydrogens (tertiary/aromatic N) is 1. The maximum absolute atomic E-state index is 7.55. The van der Waals surface area contributed by atoms with Crippen LogP contribution in [0.5, 0.6) is 0 Å². The number of aryl methyl sites for hydroxylation is 1. The van der Waals surface area contributed by atoms with Crippen molar-refractivity contribution in [2.75, 3.05) is 13.6 Å². The summed E-state index contributed by atoms with van der Waals surface area (Å²) in [5.74, 6) is 0.297. The van der Waals surface area contributed by atoms with Gasteiger partial charge in [0.15, 0.2) is 0 Å². The highest BCUT2D eigenvalue weighted by atomic mass is 15.1. The fourth-order valence-electron chi connectivity index (χ4n) is 2.28. The van der Waals surface area contributed by atoms with Crippen LogP contribution in [0.2, 0.25) is 0 Å². The summed E-state index contributed by atoms with van der Waals surface area (Å²) in [6.07, 6.45) is 3.25. The van der Waals surface area contributed by atoms with E-state index in [1.54, 1.807) is 0 Å². The molecule has 0 unspecified atom stereocenters. The molecule has 0 saturated heterocycles. The lowest BCUT2D eigenvalue weighted by atomic mass is 9.86. The molecule has 112 valence electrons. The van der Waals surface area contributed by atoms with Crippen molar-refractivity contribution in [1.29, 1.82) is 5.41 Å². The number of hydrogen-bond donors (Lipinski definition) is 2. The molecule has 0 aliphatic heterocycles. The van der Waals surface area contributed by atoms with Gasteiger partial charge in [0, 0.05) is 12.0 Å². The van der Waals surface area contributed by atoms with Crippen LogP contribution in [0.4, 0.5) is 0 Å². The second-order valence-corrected chi connectivity index (χ2v) is 6.48. The van der Waals surface area contributed by atoms with Gasteiger partial charge in [0.05, 0.1) is 5.84 Å². The van der Waals surface area contributed by atoms with Gasteiger partial charge < -0.3 is 10.6 Å². The molecule has 3 heteroatoms. The van der Waals surface area contributed by atoms with Crippen molar-refractivity contribution < 1.29 is 0 Å². The van der Waals surface area contributed by atoms with Crippen LogP contribution in [0.15, 0.2) is 24.3 Å².